The van der Waals surface area contributed by atoms with Gasteiger partial charge in [-0.15, -0.1) is 0 Å². The van der Waals surface area contributed by atoms with Gasteiger partial charge in [-0.25, -0.2) is 12.8 Å². The summed E-state index contributed by atoms with van der Waals surface area (Å²) in [4.78, 5) is 29.5. The van der Waals surface area contributed by atoms with Gasteiger partial charge in [0.2, 0.25) is 11.8 Å². The fraction of sp³-hybridized carbons (Fsp3) is 0.257. The maximum atomic E-state index is 15.0. The first kappa shape index (κ1) is 32.4. The van der Waals surface area contributed by atoms with E-state index in [2.05, 4.69) is 5.32 Å². The molecule has 1 N–H and O–H groups in total. The van der Waals surface area contributed by atoms with E-state index in [0.29, 0.717) is 6.42 Å². The Morgan fingerprint density at radius 3 is 2.05 bits per heavy atom. The SMILES string of the molecule is CC[C@@H](C)NC(=O)[C@H](Cc1ccccc1)N(Cc1ccccc1F)C(=O)CN(c1ccccc1)S(=O)(=O)c1ccc(C)cc1. The molecule has 7 nitrogen and oxygen atoms in total. The van der Waals surface area contributed by atoms with Crippen molar-refractivity contribution in [1.82, 2.24) is 10.2 Å². The van der Waals surface area contributed by atoms with Crippen molar-refractivity contribution in [3.05, 3.63) is 132 Å². The first-order valence-corrected chi connectivity index (χ1v) is 16.1. The smallest absolute Gasteiger partial charge is 0.264 e. The van der Waals surface area contributed by atoms with Gasteiger partial charge in [-0.3, -0.25) is 13.9 Å². The number of nitrogens with zero attached hydrogens (tertiary/aromatic N) is 2. The normalized spacial score (nSPS) is 12.6. The molecule has 0 saturated carbocycles. The number of halogens is 1. The number of sulfonamides is 1. The number of rotatable bonds is 13. The average molecular weight is 616 g/mol. The number of hydrogen-bond acceptors (Lipinski definition) is 4. The van der Waals surface area contributed by atoms with Gasteiger partial charge in [0.1, 0.15) is 18.4 Å². The molecule has 0 fully saturated rings. The van der Waals surface area contributed by atoms with E-state index < -0.39 is 40.2 Å². The Hall–Kier alpha value is -4.50. The van der Waals surface area contributed by atoms with E-state index in [1.807, 2.05) is 51.1 Å². The van der Waals surface area contributed by atoms with Crippen molar-refractivity contribution in [3.63, 3.8) is 0 Å². The Bertz CT molecular complexity index is 1650. The number of hydrogen-bond donors (Lipinski definition) is 1. The van der Waals surface area contributed by atoms with Crippen LogP contribution in [0.3, 0.4) is 0 Å². The van der Waals surface area contributed by atoms with Gasteiger partial charge in [-0.05, 0) is 56.2 Å². The summed E-state index contributed by atoms with van der Waals surface area (Å²) < 4.78 is 44.1. The lowest BCUT2D eigenvalue weighted by molar-refractivity contribution is -0.140. The Labute approximate surface area is 259 Å². The maximum Gasteiger partial charge on any atom is 0.264 e. The Morgan fingerprint density at radius 1 is 0.841 bits per heavy atom. The minimum atomic E-state index is -4.20. The summed E-state index contributed by atoms with van der Waals surface area (Å²) in [5.74, 6) is -1.58. The van der Waals surface area contributed by atoms with E-state index in [0.717, 1.165) is 15.4 Å². The van der Waals surface area contributed by atoms with Gasteiger partial charge in [0.15, 0.2) is 0 Å². The van der Waals surface area contributed by atoms with Crippen LogP contribution in [0.2, 0.25) is 0 Å². The lowest BCUT2D eigenvalue weighted by atomic mass is 10.0. The van der Waals surface area contributed by atoms with Gasteiger partial charge in [0.25, 0.3) is 10.0 Å². The van der Waals surface area contributed by atoms with Crippen LogP contribution in [0, 0.1) is 12.7 Å². The molecule has 2 amide bonds. The van der Waals surface area contributed by atoms with Crippen LogP contribution < -0.4 is 9.62 Å². The van der Waals surface area contributed by atoms with Crippen LogP contribution in [0.4, 0.5) is 10.1 Å². The number of aryl methyl sites for hydroxylation is 1. The molecule has 0 spiro atoms. The summed E-state index contributed by atoms with van der Waals surface area (Å²) in [6.45, 7) is 4.83. The Morgan fingerprint density at radius 2 is 1.43 bits per heavy atom. The molecule has 4 rings (SSSR count). The monoisotopic (exact) mass is 615 g/mol. The third-order valence-electron chi connectivity index (χ3n) is 7.50. The zero-order valence-electron chi connectivity index (χ0n) is 25.2. The van der Waals surface area contributed by atoms with E-state index in [-0.39, 0.29) is 35.2 Å². The van der Waals surface area contributed by atoms with Crippen LogP contribution in [0.15, 0.2) is 114 Å². The van der Waals surface area contributed by atoms with Crippen molar-refractivity contribution in [3.8, 4) is 0 Å². The van der Waals surface area contributed by atoms with Crippen LogP contribution in [-0.4, -0.2) is 43.8 Å². The summed E-state index contributed by atoms with van der Waals surface area (Å²) in [5.41, 5.74) is 2.19. The van der Waals surface area contributed by atoms with Crippen molar-refractivity contribution >= 4 is 27.5 Å². The lowest BCUT2D eigenvalue weighted by Gasteiger charge is -2.34. The molecule has 4 aromatic rings. The molecule has 0 aromatic heterocycles. The number of para-hydroxylation sites is 1. The first-order chi connectivity index (χ1) is 21.1. The molecular weight excluding hydrogens is 577 g/mol. The molecule has 0 radical (unpaired) electrons. The second-order valence-corrected chi connectivity index (χ2v) is 12.7. The van der Waals surface area contributed by atoms with Crippen LogP contribution in [0.25, 0.3) is 0 Å². The van der Waals surface area contributed by atoms with Gasteiger partial charge in [0, 0.05) is 24.6 Å². The predicted octanol–water partition coefficient (Wildman–Crippen LogP) is 5.88. The van der Waals surface area contributed by atoms with Gasteiger partial charge in [0.05, 0.1) is 10.6 Å². The van der Waals surface area contributed by atoms with E-state index in [1.165, 1.54) is 23.1 Å². The minimum Gasteiger partial charge on any atom is -0.352 e. The maximum absolute atomic E-state index is 15.0. The van der Waals surface area contributed by atoms with Crippen molar-refractivity contribution in [2.45, 2.75) is 57.1 Å². The molecule has 0 aliphatic heterocycles. The molecule has 0 unspecified atom stereocenters. The molecule has 0 aliphatic rings. The lowest BCUT2D eigenvalue weighted by Crippen LogP contribution is -2.54. The minimum absolute atomic E-state index is 0.0238. The van der Waals surface area contributed by atoms with Gasteiger partial charge in [-0.1, -0.05) is 91.3 Å². The van der Waals surface area contributed by atoms with Crippen molar-refractivity contribution in [2.75, 3.05) is 10.8 Å². The topological polar surface area (TPSA) is 86.8 Å². The van der Waals surface area contributed by atoms with Crippen molar-refractivity contribution < 1.29 is 22.4 Å². The second kappa shape index (κ2) is 14.8. The number of nitrogens with one attached hydrogen (secondary N) is 1. The van der Waals surface area contributed by atoms with Gasteiger partial charge >= 0.3 is 0 Å². The Balaban J connectivity index is 1.80. The summed E-state index contributed by atoms with van der Waals surface area (Å²) >= 11 is 0. The summed E-state index contributed by atoms with van der Waals surface area (Å²) in [6, 6.07) is 28.8. The molecule has 0 heterocycles. The van der Waals surface area contributed by atoms with Gasteiger partial charge < -0.3 is 10.2 Å². The fourth-order valence-electron chi connectivity index (χ4n) is 4.77. The molecule has 2 atom stereocenters. The Kier molecular flexibility index (Phi) is 10.9. The number of carbonyl (C=O) groups excluding carboxylic acids is 2. The van der Waals surface area contributed by atoms with E-state index in [1.54, 1.807) is 60.7 Å². The molecule has 44 heavy (non-hydrogen) atoms. The molecule has 0 aliphatic carbocycles. The van der Waals surface area contributed by atoms with Crippen molar-refractivity contribution in [1.29, 1.82) is 0 Å². The van der Waals surface area contributed by atoms with Crippen LogP contribution in [0.1, 0.15) is 37.0 Å². The largest absolute Gasteiger partial charge is 0.352 e. The first-order valence-electron chi connectivity index (χ1n) is 14.6. The number of carbonyl (C=O) groups is 2. The average Bonchev–Trinajstić information content (AvgIpc) is 3.03. The highest BCUT2D eigenvalue weighted by Crippen LogP contribution is 2.25. The quantitative estimate of drug-likeness (QED) is 0.203. The number of amides is 2. The van der Waals surface area contributed by atoms with Crippen molar-refractivity contribution in [2.24, 2.45) is 0 Å². The molecule has 4 aromatic carbocycles. The van der Waals surface area contributed by atoms with Crippen LogP contribution in [-0.2, 0) is 32.6 Å². The predicted molar refractivity (Wildman–Crippen MR) is 171 cm³/mol. The second-order valence-electron chi connectivity index (χ2n) is 10.8. The summed E-state index contributed by atoms with van der Waals surface area (Å²) in [6.07, 6.45) is 0.820. The standard InChI is InChI=1S/C35H38FN3O4S/c1-4-27(3)37-35(41)33(23-28-13-7-5-8-14-28)38(24-29-15-11-12-18-32(29)36)34(40)25-39(30-16-9-6-10-17-30)44(42,43)31-21-19-26(2)20-22-31/h5-22,27,33H,4,23-25H2,1-3H3,(H,37,41)/t27-,33+/m1/s1. The van der Waals surface area contributed by atoms with E-state index >= 15 is 0 Å². The van der Waals surface area contributed by atoms with Crippen LogP contribution in [0.5, 0.6) is 0 Å². The molecule has 0 saturated heterocycles. The summed E-state index contributed by atoms with van der Waals surface area (Å²) in [5, 5.41) is 2.97. The highest BCUT2D eigenvalue weighted by atomic mass is 32.2. The molecule has 230 valence electrons. The zero-order chi connectivity index (χ0) is 31.7. The third-order valence-corrected chi connectivity index (χ3v) is 9.29. The number of anilines is 1. The number of benzene rings is 4. The molecular formula is C35H38FN3O4S. The fourth-order valence-corrected chi connectivity index (χ4v) is 6.18. The summed E-state index contributed by atoms with van der Waals surface area (Å²) in [7, 11) is -4.20. The van der Waals surface area contributed by atoms with E-state index in [4.69, 9.17) is 0 Å². The highest BCUT2D eigenvalue weighted by molar-refractivity contribution is 7.92. The highest BCUT2D eigenvalue weighted by Gasteiger charge is 2.35. The third kappa shape index (κ3) is 8.11. The zero-order valence-corrected chi connectivity index (χ0v) is 26.0. The van der Waals surface area contributed by atoms with Gasteiger partial charge in [-0.2, -0.15) is 0 Å². The molecule has 0 bridgehead atoms. The van der Waals surface area contributed by atoms with E-state index in [9.17, 15) is 22.4 Å². The van der Waals surface area contributed by atoms with Crippen LogP contribution >= 0.6 is 0 Å². The molecule has 9 heteroatoms.